The zero-order chi connectivity index (χ0) is 14.7. The summed E-state index contributed by atoms with van der Waals surface area (Å²) in [5.41, 5.74) is -1.88. The van der Waals surface area contributed by atoms with E-state index >= 15 is 0 Å². The maximum Gasteiger partial charge on any atom is 0.391 e. The fraction of sp³-hybridized carbons (Fsp3) is 0.786. The van der Waals surface area contributed by atoms with Gasteiger partial charge in [0.15, 0.2) is 12.0 Å². The van der Waals surface area contributed by atoms with Crippen molar-refractivity contribution < 1.29 is 23.8 Å². The SMILES string of the molecule is [C-]#[N+]C12OC3CC1C(=O)OC2C3OC(=O)C(C)(C)CC. The zero-order valence-electron chi connectivity index (χ0n) is 11.7. The fourth-order valence-electron chi connectivity index (χ4n) is 3.03. The molecule has 3 fully saturated rings. The lowest BCUT2D eigenvalue weighted by molar-refractivity contribution is -0.169. The summed E-state index contributed by atoms with van der Waals surface area (Å²) in [6, 6.07) is 0. The molecule has 3 heterocycles. The molecule has 0 radical (unpaired) electrons. The third-order valence-electron chi connectivity index (χ3n) is 4.76. The third-order valence-corrected chi connectivity index (χ3v) is 4.76. The number of rotatable bonds is 3. The molecule has 0 amide bonds. The molecule has 0 aromatic carbocycles. The van der Waals surface area contributed by atoms with Gasteiger partial charge in [-0.2, -0.15) is 0 Å². The molecule has 6 heteroatoms. The first-order valence-corrected chi connectivity index (χ1v) is 6.83. The van der Waals surface area contributed by atoms with E-state index in [4.69, 9.17) is 20.8 Å². The molecular formula is C14H17NO5. The summed E-state index contributed by atoms with van der Waals surface area (Å²) in [5, 5.41) is 0. The van der Waals surface area contributed by atoms with E-state index in [2.05, 4.69) is 4.85 Å². The molecule has 3 aliphatic rings. The molecule has 5 unspecified atom stereocenters. The van der Waals surface area contributed by atoms with Gasteiger partial charge in [0.1, 0.15) is 6.10 Å². The fourth-order valence-corrected chi connectivity index (χ4v) is 3.03. The average Bonchev–Trinajstić information content (AvgIpc) is 2.98. The van der Waals surface area contributed by atoms with Crippen LogP contribution in [0.15, 0.2) is 0 Å². The van der Waals surface area contributed by atoms with Crippen molar-refractivity contribution in [1.29, 1.82) is 0 Å². The molecule has 0 spiro atoms. The Morgan fingerprint density at radius 1 is 1.60 bits per heavy atom. The summed E-state index contributed by atoms with van der Waals surface area (Å²) in [6.45, 7) is 12.8. The number of hydrogen-bond donors (Lipinski definition) is 0. The van der Waals surface area contributed by atoms with Crippen molar-refractivity contribution in [1.82, 2.24) is 0 Å². The van der Waals surface area contributed by atoms with Crippen molar-refractivity contribution in [3.05, 3.63) is 11.4 Å². The Labute approximate surface area is 117 Å². The van der Waals surface area contributed by atoms with Gasteiger partial charge in [0.05, 0.1) is 5.41 Å². The van der Waals surface area contributed by atoms with Crippen molar-refractivity contribution in [3.63, 3.8) is 0 Å². The van der Waals surface area contributed by atoms with Gasteiger partial charge in [-0.1, -0.05) is 6.92 Å². The molecule has 0 aliphatic carbocycles. The van der Waals surface area contributed by atoms with Crippen LogP contribution in [0.1, 0.15) is 33.6 Å². The molecule has 5 atom stereocenters. The molecule has 108 valence electrons. The second kappa shape index (κ2) is 3.95. The Morgan fingerprint density at radius 3 is 2.90 bits per heavy atom. The van der Waals surface area contributed by atoms with Crippen LogP contribution >= 0.6 is 0 Å². The van der Waals surface area contributed by atoms with E-state index in [1.165, 1.54) is 0 Å². The van der Waals surface area contributed by atoms with Crippen molar-refractivity contribution in [2.24, 2.45) is 11.3 Å². The predicted molar refractivity (Wildman–Crippen MR) is 66.1 cm³/mol. The first kappa shape index (κ1) is 13.4. The molecule has 0 aromatic rings. The molecule has 0 N–H and O–H groups in total. The topological polar surface area (TPSA) is 66.2 Å². The average molecular weight is 279 g/mol. The van der Waals surface area contributed by atoms with Gasteiger partial charge in [0.2, 0.25) is 6.10 Å². The van der Waals surface area contributed by atoms with Crippen LogP contribution in [0, 0.1) is 17.9 Å². The number of ether oxygens (including phenoxy) is 3. The highest BCUT2D eigenvalue weighted by atomic mass is 16.7. The van der Waals surface area contributed by atoms with Crippen LogP contribution in [0.2, 0.25) is 0 Å². The predicted octanol–water partition coefficient (Wildman–Crippen LogP) is 1.29. The first-order valence-electron chi connectivity index (χ1n) is 6.83. The van der Waals surface area contributed by atoms with E-state index in [-0.39, 0.29) is 5.97 Å². The van der Waals surface area contributed by atoms with E-state index < -0.39 is 41.3 Å². The first-order chi connectivity index (χ1) is 9.35. The minimum Gasteiger partial charge on any atom is -0.455 e. The minimum atomic E-state index is -1.27. The summed E-state index contributed by atoms with van der Waals surface area (Å²) >= 11 is 0. The lowest BCUT2D eigenvalue weighted by atomic mass is 9.83. The number of hydrogen-bond acceptors (Lipinski definition) is 5. The van der Waals surface area contributed by atoms with Crippen molar-refractivity contribution >= 4 is 11.9 Å². The van der Waals surface area contributed by atoms with Gasteiger partial charge in [-0.3, -0.25) is 19.2 Å². The van der Waals surface area contributed by atoms with Crippen LogP contribution < -0.4 is 0 Å². The molecule has 20 heavy (non-hydrogen) atoms. The third kappa shape index (κ3) is 1.47. The van der Waals surface area contributed by atoms with Crippen molar-refractivity contribution in [2.45, 2.75) is 57.6 Å². The van der Waals surface area contributed by atoms with Gasteiger partial charge in [0.25, 0.3) is 0 Å². The van der Waals surface area contributed by atoms with Crippen LogP contribution in [0.25, 0.3) is 4.85 Å². The normalized spacial score (nSPS) is 41.4. The molecule has 2 bridgehead atoms. The largest absolute Gasteiger partial charge is 0.455 e. The van der Waals surface area contributed by atoms with Crippen molar-refractivity contribution in [2.75, 3.05) is 0 Å². The highest BCUT2D eigenvalue weighted by Gasteiger charge is 2.80. The highest BCUT2D eigenvalue weighted by molar-refractivity contribution is 5.80. The second-order valence-corrected chi connectivity index (χ2v) is 6.27. The van der Waals surface area contributed by atoms with Gasteiger partial charge in [0, 0.05) is 6.42 Å². The van der Waals surface area contributed by atoms with Gasteiger partial charge in [-0.15, -0.1) is 0 Å². The Morgan fingerprint density at radius 2 is 2.30 bits per heavy atom. The molecular weight excluding hydrogens is 262 g/mol. The summed E-state index contributed by atoms with van der Waals surface area (Å²) in [5.74, 6) is -1.30. The number of carbonyl (C=O) groups excluding carboxylic acids is 2. The van der Waals surface area contributed by atoms with Gasteiger partial charge >= 0.3 is 17.7 Å². The standard InChI is InChI=1S/C14H17NO5/c1-5-13(2,3)12(17)18-9-8-6-7-11(16)19-10(9)14(7,15-4)20-8/h7-10H,5-6H2,1-3H3. The van der Waals surface area contributed by atoms with Gasteiger partial charge < -0.3 is 9.47 Å². The van der Waals surface area contributed by atoms with E-state index in [0.29, 0.717) is 12.8 Å². The van der Waals surface area contributed by atoms with E-state index in [1.54, 1.807) is 13.8 Å². The lowest BCUT2D eigenvalue weighted by Crippen LogP contribution is -2.47. The van der Waals surface area contributed by atoms with Gasteiger partial charge in [-0.05, 0) is 20.3 Å². The van der Waals surface area contributed by atoms with Crippen LogP contribution in [0.5, 0.6) is 0 Å². The summed E-state index contributed by atoms with van der Waals surface area (Å²) in [6.07, 6.45) is -0.826. The summed E-state index contributed by atoms with van der Waals surface area (Å²) in [7, 11) is 0. The van der Waals surface area contributed by atoms with E-state index in [1.807, 2.05) is 6.92 Å². The Bertz CT molecular complexity index is 522. The van der Waals surface area contributed by atoms with E-state index in [9.17, 15) is 9.59 Å². The number of esters is 2. The molecule has 3 aliphatic heterocycles. The van der Waals surface area contributed by atoms with Crippen LogP contribution in [0.3, 0.4) is 0 Å². The number of carbonyl (C=O) groups is 2. The molecule has 6 nitrogen and oxygen atoms in total. The highest BCUT2D eigenvalue weighted by Crippen LogP contribution is 2.56. The summed E-state index contributed by atoms with van der Waals surface area (Å²) < 4.78 is 16.4. The Kier molecular flexibility index (Phi) is 2.64. The maximum absolute atomic E-state index is 12.2. The Hall–Kier alpha value is -1.61. The number of fused-ring (bicyclic) bond motifs is 1. The second-order valence-electron chi connectivity index (χ2n) is 6.27. The number of nitrogens with zero attached hydrogens (tertiary/aromatic N) is 1. The lowest BCUT2D eigenvalue weighted by Gasteiger charge is -2.27. The summed E-state index contributed by atoms with van der Waals surface area (Å²) in [4.78, 5) is 27.4. The van der Waals surface area contributed by atoms with Crippen LogP contribution in [-0.4, -0.2) is 36.0 Å². The van der Waals surface area contributed by atoms with E-state index in [0.717, 1.165) is 0 Å². The minimum absolute atomic E-state index is 0.347. The zero-order valence-corrected chi connectivity index (χ0v) is 11.7. The molecule has 0 aromatic heterocycles. The maximum atomic E-state index is 12.2. The molecule has 3 rings (SSSR count). The van der Waals surface area contributed by atoms with Crippen LogP contribution in [-0.2, 0) is 23.8 Å². The smallest absolute Gasteiger partial charge is 0.391 e. The quantitative estimate of drug-likeness (QED) is 0.575. The molecule has 0 saturated carbocycles. The van der Waals surface area contributed by atoms with Crippen molar-refractivity contribution in [3.8, 4) is 0 Å². The monoisotopic (exact) mass is 279 g/mol. The molecule has 3 saturated heterocycles. The van der Waals surface area contributed by atoms with Gasteiger partial charge in [-0.25, -0.2) is 6.57 Å². The van der Waals surface area contributed by atoms with Crippen LogP contribution in [0.4, 0.5) is 0 Å². The Balaban J connectivity index is 1.83.